The summed E-state index contributed by atoms with van der Waals surface area (Å²) in [4.78, 5) is 16.2. The van der Waals surface area contributed by atoms with E-state index in [9.17, 15) is 4.79 Å². The summed E-state index contributed by atoms with van der Waals surface area (Å²) in [6.07, 6.45) is 2.52. The van der Waals surface area contributed by atoms with Gasteiger partial charge in [-0.1, -0.05) is 24.2 Å². The Morgan fingerprint density at radius 1 is 1.36 bits per heavy atom. The van der Waals surface area contributed by atoms with E-state index in [0.717, 1.165) is 24.1 Å². The maximum absolute atomic E-state index is 12.0. The van der Waals surface area contributed by atoms with Crippen molar-refractivity contribution in [3.8, 4) is 0 Å². The number of rotatable bonds is 8. The smallest absolute Gasteiger partial charge is 0.227 e. The number of nitrogens with one attached hydrogen (secondary N) is 1. The summed E-state index contributed by atoms with van der Waals surface area (Å²) in [5.41, 5.74) is 1.78. The fraction of sp³-hybridized carbons (Fsp3) is 0.438. The second kappa shape index (κ2) is 8.29. The molecule has 22 heavy (non-hydrogen) atoms. The molecule has 1 amide bonds. The predicted molar refractivity (Wildman–Crippen MR) is 82.4 cm³/mol. The van der Waals surface area contributed by atoms with Crippen molar-refractivity contribution >= 4 is 11.6 Å². The van der Waals surface area contributed by atoms with Crippen molar-refractivity contribution in [2.24, 2.45) is 0 Å². The van der Waals surface area contributed by atoms with Crippen LogP contribution in [-0.4, -0.2) is 23.2 Å². The summed E-state index contributed by atoms with van der Waals surface area (Å²) in [6.45, 7) is 2.58. The Hall–Kier alpha value is -2.21. The minimum atomic E-state index is -0.0789. The zero-order chi connectivity index (χ0) is 15.8. The molecule has 2 aromatic rings. The maximum atomic E-state index is 12.0. The highest BCUT2D eigenvalue weighted by atomic mass is 16.5. The number of anilines is 1. The first-order chi connectivity index (χ1) is 10.7. The average molecular weight is 303 g/mol. The molecule has 0 aliphatic rings. The fourth-order valence-electron chi connectivity index (χ4n) is 2.07. The molecular weight excluding hydrogens is 282 g/mol. The number of ether oxygens (including phenoxy) is 1. The highest BCUT2D eigenvalue weighted by Gasteiger charge is 2.09. The second-order valence-corrected chi connectivity index (χ2v) is 5.04. The molecule has 0 aliphatic carbocycles. The van der Waals surface area contributed by atoms with Crippen molar-refractivity contribution in [1.29, 1.82) is 0 Å². The van der Waals surface area contributed by atoms with Gasteiger partial charge < -0.3 is 14.6 Å². The summed E-state index contributed by atoms with van der Waals surface area (Å²) in [5, 5.41) is 6.73. The molecule has 0 saturated carbocycles. The lowest BCUT2D eigenvalue weighted by atomic mass is 10.2. The first kappa shape index (κ1) is 16.2. The molecule has 1 aromatic carbocycles. The van der Waals surface area contributed by atoms with E-state index in [-0.39, 0.29) is 5.91 Å². The van der Waals surface area contributed by atoms with Gasteiger partial charge in [-0.3, -0.25) is 4.79 Å². The average Bonchev–Trinajstić information content (AvgIpc) is 2.94. The van der Waals surface area contributed by atoms with Gasteiger partial charge in [-0.25, -0.2) is 0 Å². The second-order valence-electron chi connectivity index (χ2n) is 5.04. The zero-order valence-electron chi connectivity index (χ0n) is 13.0. The fourth-order valence-corrected chi connectivity index (χ4v) is 2.07. The number of nitrogens with zero attached hydrogens (tertiary/aromatic N) is 2. The number of aryl methyl sites for hydroxylation is 2. The van der Waals surface area contributed by atoms with E-state index >= 15 is 0 Å². The Balaban J connectivity index is 1.83. The predicted octanol–water partition coefficient (Wildman–Crippen LogP) is 2.74. The van der Waals surface area contributed by atoms with Crippen LogP contribution < -0.4 is 5.32 Å². The number of methoxy groups -OCH3 is 1. The summed E-state index contributed by atoms with van der Waals surface area (Å²) >= 11 is 0. The lowest BCUT2D eigenvalue weighted by Gasteiger charge is -2.06. The van der Waals surface area contributed by atoms with E-state index in [4.69, 9.17) is 9.26 Å². The third-order valence-electron chi connectivity index (χ3n) is 3.07. The summed E-state index contributed by atoms with van der Waals surface area (Å²) in [5.74, 6) is 1.13. The lowest BCUT2D eigenvalue weighted by Crippen LogP contribution is -2.12. The molecule has 0 saturated heterocycles. The van der Waals surface area contributed by atoms with Gasteiger partial charge in [0.2, 0.25) is 11.8 Å². The van der Waals surface area contributed by atoms with Crippen LogP contribution in [0.25, 0.3) is 0 Å². The van der Waals surface area contributed by atoms with Crippen LogP contribution in [-0.2, 0) is 29.0 Å². The number of carbonyl (C=O) groups is 1. The van der Waals surface area contributed by atoms with E-state index in [1.165, 1.54) is 0 Å². The van der Waals surface area contributed by atoms with Crippen LogP contribution in [0.1, 0.15) is 37.0 Å². The van der Waals surface area contributed by atoms with Crippen molar-refractivity contribution < 1.29 is 14.1 Å². The molecule has 118 valence electrons. The molecule has 0 unspecified atom stereocenters. The highest BCUT2D eigenvalue weighted by molar-refractivity contribution is 5.90. The van der Waals surface area contributed by atoms with Crippen molar-refractivity contribution in [3.05, 3.63) is 41.5 Å². The minimum absolute atomic E-state index is 0.0789. The molecule has 0 aliphatic heterocycles. The van der Waals surface area contributed by atoms with Crippen LogP contribution >= 0.6 is 0 Å². The molecule has 0 bridgehead atoms. The summed E-state index contributed by atoms with van der Waals surface area (Å²) < 4.78 is 10.2. The summed E-state index contributed by atoms with van der Waals surface area (Å²) in [6, 6.07) is 7.59. The van der Waals surface area contributed by atoms with E-state index < -0.39 is 0 Å². The van der Waals surface area contributed by atoms with Crippen LogP contribution in [0.15, 0.2) is 28.8 Å². The van der Waals surface area contributed by atoms with Crippen LogP contribution in [0.4, 0.5) is 5.69 Å². The van der Waals surface area contributed by atoms with Crippen molar-refractivity contribution in [3.63, 3.8) is 0 Å². The Kier molecular flexibility index (Phi) is 6.09. The normalized spacial score (nSPS) is 10.6. The number of carbonyl (C=O) groups excluding carboxylic acids is 1. The van der Waals surface area contributed by atoms with Crippen molar-refractivity contribution in [1.82, 2.24) is 10.1 Å². The Bertz CT molecular complexity index is 610. The van der Waals surface area contributed by atoms with E-state index in [0.29, 0.717) is 31.2 Å². The molecule has 0 fully saturated rings. The number of amides is 1. The number of hydrogen-bond donors (Lipinski definition) is 1. The number of aromatic nitrogens is 2. The van der Waals surface area contributed by atoms with Gasteiger partial charge in [0.1, 0.15) is 0 Å². The third-order valence-corrected chi connectivity index (χ3v) is 3.07. The molecule has 0 atom stereocenters. The molecular formula is C16H21N3O3. The van der Waals surface area contributed by atoms with Crippen LogP contribution in [0.2, 0.25) is 0 Å². The molecule has 1 N–H and O–H groups in total. The molecule has 1 heterocycles. The first-order valence-electron chi connectivity index (χ1n) is 7.40. The van der Waals surface area contributed by atoms with Crippen LogP contribution in [0, 0.1) is 0 Å². The largest absolute Gasteiger partial charge is 0.380 e. The van der Waals surface area contributed by atoms with Crippen molar-refractivity contribution in [2.45, 2.75) is 39.2 Å². The monoisotopic (exact) mass is 303 g/mol. The Labute approximate surface area is 129 Å². The van der Waals surface area contributed by atoms with Gasteiger partial charge in [-0.15, -0.1) is 0 Å². The summed E-state index contributed by atoms with van der Waals surface area (Å²) in [7, 11) is 1.64. The third kappa shape index (κ3) is 4.96. The number of benzene rings is 1. The molecule has 0 spiro atoms. The van der Waals surface area contributed by atoms with Gasteiger partial charge in [0.05, 0.1) is 6.61 Å². The first-order valence-corrected chi connectivity index (χ1v) is 7.40. The van der Waals surface area contributed by atoms with E-state index in [2.05, 4.69) is 22.4 Å². The topological polar surface area (TPSA) is 77.2 Å². The van der Waals surface area contributed by atoms with Crippen molar-refractivity contribution in [2.75, 3.05) is 12.4 Å². The minimum Gasteiger partial charge on any atom is -0.380 e. The maximum Gasteiger partial charge on any atom is 0.227 e. The van der Waals surface area contributed by atoms with Gasteiger partial charge in [0, 0.05) is 32.1 Å². The van der Waals surface area contributed by atoms with Gasteiger partial charge in [-0.05, 0) is 24.1 Å². The zero-order valence-corrected chi connectivity index (χ0v) is 13.0. The van der Waals surface area contributed by atoms with Crippen LogP contribution in [0.3, 0.4) is 0 Å². The molecule has 0 radical (unpaired) electrons. The standard InChI is InChI=1S/C16H21N3O3/c1-3-5-14-18-16(22-19-14)9-8-15(20)17-13-7-4-6-12(10-13)11-21-2/h4,6-7,10H,3,5,8-9,11H2,1-2H3,(H,17,20). The Morgan fingerprint density at radius 2 is 2.23 bits per heavy atom. The van der Waals surface area contributed by atoms with Gasteiger partial charge >= 0.3 is 0 Å². The molecule has 2 rings (SSSR count). The SMILES string of the molecule is CCCc1noc(CCC(=O)Nc2cccc(COC)c2)n1. The van der Waals surface area contributed by atoms with Crippen LogP contribution in [0.5, 0.6) is 0 Å². The van der Waals surface area contributed by atoms with E-state index in [1.54, 1.807) is 7.11 Å². The quantitative estimate of drug-likeness (QED) is 0.811. The molecule has 6 nitrogen and oxygen atoms in total. The molecule has 6 heteroatoms. The number of hydrogen-bond acceptors (Lipinski definition) is 5. The molecule has 1 aromatic heterocycles. The lowest BCUT2D eigenvalue weighted by molar-refractivity contribution is -0.116. The highest BCUT2D eigenvalue weighted by Crippen LogP contribution is 2.12. The van der Waals surface area contributed by atoms with Gasteiger partial charge in [0.15, 0.2) is 5.82 Å². The van der Waals surface area contributed by atoms with Gasteiger partial charge in [-0.2, -0.15) is 4.98 Å². The Morgan fingerprint density at radius 3 is 3.00 bits per heavy atom. The van der Waals surface area contributed by atoms with E-state index in [1.807, 2.05) is 24.3 Å². The van der Waals surface area contributed by atoms with Gasteiger partial charge in [0.25, 0.3) is 0 Å².